The molecular formula is C19H17BrN4O2. The fourth-order valence-corrected chi connectivity index (χ4v) is 2.78. The number of esters is 1. The molecule has 0 spiro atoms. The summed E-state index contributed by atoms with van der Waals surface area (Å²) in [6.07, 6.45) is 1.85. The van der Waals surface area contributed by atoms with E-state index in [9.17, 15) is 10.1 Å². The van der Waals surface area contributed by atoms with Crippen molar-refractivity contribution in [2.45, 2.75) is 32.3 Å². The molecule has 0 aliphatic rings. The lowest BCUT2D eigenvalue weighted by Crippen LogP contribution is -2.27. The molecule has 26 heavy (non-hydrogen) atoms. The number of nitrogens with zero attached hydrogens (tertiary/aromatic N) is 4. The molecule has 132 valence electrons. The Bertz CT molecular complexity index is 1010. The summed E-state index contributed by atoms with van der Waals surface area (Å²) in [7, 11) is 0. The second-order valence-electron chi connectivity index (χ2n) is 6.79. The van der Waals surface area contributed by atoms with Crippen molar-refractivity contribution in [2.75, 3.05) is 0 Å². The van der Waals surface area contributed by atoms with Gasteiger partial charge in [0.2, 0.25) is 0 Å². The van der Waals surface area contributed by atoms with Crippen molar-refractivity contribution in [1.82, 2.24) is 14.8 Å². The summed E-state index contributed by atoms with van der Waals surface area (Å²) >= 11 is 3.43. The van der Waals surface area contributed by atoms with Crippen LogP contribution < -0.4 is 0 Å². The first kappa shape index (κ1) is 18.1. The fourth-order valence-electron chi connectivity index (χ4n) is 2.43. The lowest BCUT2D eigenvalue weighted by Gasteiger charge is -2.21. The van der Waals surface area contributed by atoms with Crippen LogP contribution in [-0.4, -0.2) is 26.3 Å². The lowest BCUT2D eigenvalue weighted by atomic mass is 10.1. The highest BCUT2D eigenvalue weighted by molar-refractivity contribution is 9.10. The minimum atomic E-state index is -1.09. The highest BCUT2D eigenvalue weighted by atomic mass is 79.9. The van der Waals surface area contributed by atoms with Gasteiger partial charge in [0.15, 0.2) is 11.7 Å². The summed E-state index contributed by atoms with van der Waals surface area (Å²) in [5.41, 5.74) is 0.479. The van der Waals surface area contributed by atoms with Crippen LogP contribution in [0.15, 0.2) is 47.1 Å². The van der Waals surface area contributed by atoms with Crippen molar-refractivity contribution in [1.29, 1.82) is 5.26 Å². The molecule has 1 unspecified atom stereocenters. The second kappa shape index (κ2) is 6.89. The number of hydrogen-bond acceptors (Lipinski definition) is 5. The number of aromatic nitrogens is 3. The van der Waals surface area contributed by atoms with E-state index in [2.05, 4.69) is 26.0 Å². The molecule has 0 aliphatic carbocycles. The number of hydrogen-bond donors (Lipinski definition) is 0. The van der Waals surface area contributed by atoms with E-state index in [0.717, 1.165) is 15.4 Å². The monoisotopic (exact) mass is 412 g/mol. The Morgan fingerprint density at radius 1 is 1.31 bits per heavy atom. The summed E-state index contributed by atoms with van der Waals surface area (Å²) < 4.78 is 7.89. The Balaban J connectivity index is 1.96. The van der Waals surface area contributed by atoms with Crippen LogP contribution >= 0.6 is 15.9 Å². The van der Waals surface area contributed by atoms with Gasteiger partial charge < -0.3 is 4.74 Å². The minimum absolute atomic E-state index is 0.333. The van der Waals surface area contributed by atoms with Gasteiger partial charge in [0, 0.05) is 16.1 Å². The molecule has 0 bridgehead atoms. The van der Waals surface area contributed by atoms with E-state index in [4.69, 9.17) is 4.74 Å². The van der Waals surface area contributed by atoms with Gasteiger partial charge in [-0.1, -0.05) is 28.1 Å². The highest BCUT2D eigenvalue weighted by Crippen LogP contribution is 2.22. The minimum Gasteiger partial charge on any atom is -0.459 e. The lowest BCUT2D eigenvalue weighted by molar-refractivity contribution is -0.155. The maximum atomic E-state index is 12.3. The van der Waals surface area contributed by atoms with Crippen LogP contribution in [0.25, 0.3) is 16.7 Å². The number of nitriles is 1. The third-order valence-electron chi connectivity index (χ3n) is 3.53. The first-order valence-electron chi connectivity index (χ1n) is 8.01. The number of benzene rings is 1. The quantitative estimate of drug-likeness (QED) is 0.603. The Morgan fingerprint density at radius 3 is 2.77 bits per heavy atom. The summed E-state index contributed by atoms with van der Waals surface area (Å²) in [5.74, 6) is -1.17. The van der Waals surface area contributed by atoms with Gasteiger partial charge in [0.05, 0.1) is 17.3 Å². The van der Waals surface area contributed by atoms with Crippen LogP contribution in [0.3, 0.4) is 0 Å². The van der Waals surface area contributed by atoms with Crippen molar-refractivity contribution < 1.29 is 9.53 Å². The zero-order valence-corrected chi connectivity index (χ0v) is 16.2. The SMILES string of the molecule is CC(C)(C)OC(=O)C(C#N)c1cccc(-n2cc3ccc(Br)cc3n2)n1. The maximum Gasteiger partial charge on any atom is 0.330 e. The number of pyridine rings is 1. The van der Waals surface area contributed by atoms with Crippen molar-refractivity contribution in [3.63, 3.8) is 0 Å². The summed E-state index contributed by atoms with van der Waals surface area (Å²) in [6, 6.07) is 12.9. The molecule has 0 saturated carbocycles. The van der Waals surface area contributed by atoms with E-state index in [-0.39, 0.29) is 0 Å². The van der Waals surface area contributed by atoms with Crippen molar-refractivity contribution in [3.8, 4) is 11.9 Å². The molecule has 2 heterocycles. The van der Waals surface area contributed by atoms with Crippen molar-refractivity contribution in [3.05, 3.63) is 52.8 Å². The van der Waals surface area contributed by atoms with E-state index in [1.54, 1.807) is 43.7 Å². The van der Waals surface area contributed by atoms with E-state index >= 15 is 0 Å². The Morgan fingerprint density at radius 2 is 2.08 bits per heavy atom. The van der Waals surface area contributed by atoms with Crippen molar-refractivity contribution >= 4 is 32.8 Å². The molecule has 6 nitrogen and oxygen atoms in total. The molecule has 7 heteroatoms. The standard InChI is InChI=1S/C19H17BrN4O2/c1-19(2,3)26-18(25)14(10-21)15-5-4-6-17(22-15)24-11-12-7-8-13(20)9-16(12)23-24/h4-9,11,14H,1-3H3. The predicted octanol–water partition coefficient (Wildman–Crippen LogP) is 4.13. The molecule has 0 radical (unpaired) electrons. The molecule has 1 aromatic carbocycles. The molecule has 0 saturated heterocycles. The second-order valence-corrected chi connectivity index (χ2v) is 7.71. The Labute approximate surface area is 159 Å². The molecule has 0 fully saturated rings. The molecular weight excluding hydrogens is 396 g/mol. The first-order chi connectivity index (χ1) is 12.3. The van der Waals surface area contributed by atoms with Crippen LogP contribution in [0.4, 0.5) is 0 Å². The number of carbonyl (C=O) groups is 1. The number of fused-ring (bicyclic) bond motifs is 1. The third kappa shape index (κ3) is 3.92. The van der Waals surface area contributed by atoms with Crippen molar-refractivity contribution in [2.24, 2.45) is 0 Å². The molecule has 1 atom stereocenters. The summed E-state index contributed by atoms with van der Waals surface area (Å²) in [6.45, 7) is 5.28. The van der Waals surface area contributed by atoms with Gasteiger partial charge in [-0.15, -0.1) is 0 Å². The van der Waals surface area contributed by atoms with Gasteiger partial charge >= 0.3 is 5.97 Å². The summed E-state index contributed by atoms with van der Waals surface area (Å²) in [4.78, 5) is 16.8. The van der Waals surface area contributed by atoms with Gasteiger partial charge in [-0.2, -0.15) is 10.4 Å². The first-order valence-corrected chi connectivity index (χ1v) is 8.81. The zero-order chi connectivity index (χ0) is 18.9. The molecule has 0 aliphatic heterocycles. The van der Waals surface area contributed by atoms with Gasteiger partial charge in [-0.3, -0.25) is 4.79 Å². The Hall–Kier alpha value is -2.72. The maximum absolute atomic E-state index is 12.3. The number of halogens is 1. The van der Waals surface area contributed by atoms with Crippen LogP contribution in [0.2, 0.25) is 0 Å². The third-order valence-corrected chi connectivity index (χ3v) is 4.02. The fraction of sp³-hybridized carbons (Fsp3) is 0.263. The number of ether oxygens (including phenoxy) is 1. The van der Waals surface area contributed by atoms with Crippen LogP contribution in [-0.2, 0) is 9.53 Å². The topological polar surface area (TPSA) is 80.8 Å². The number of carbonyl (C=O) groups excluding carboxylic acids is 1. The zero-order valence-electron chi connectivity index (χ0n) is 14.6. The molecule has 3 rings (SSSR count). The van der Waals surface area contributed by atoms with Gasteiger partial charge in [-0.25, -0.2) is 9.67 Å². The normalized spacial score (nSPS) is 12.6. The average Bonchev–Trinajstić information content (AvgIpc) is 2.97. The highest BCUT2D eigenvalue weighted by Gasteiger charge is 2.28. The number of rotatable bonds is 3. The van der Waals surface area contributed by atoms with Crippen LogP contribution in [0, 0.1) is 11.3 Å². The molecule has 2 aromatic heterocycles. The van der Waals surface area contributed by atoms with Gasteiger partial charge in [0.25, 0.3) is 0 Å². The van der Waals surface area contributed by atoms with Crippen LogP contribution in [0.5, 0.6) is 0 Å². The summed E-state index contributed by atoms with van der Waals surface area (Å²) in [5, 5.41) is 14.9. The van der Waals surface area contributed by atoms with E-state index < -0.39 is 17.5 Å². The van der Waals surface area contributed by atoms with Crippen LogP contribution in [0.1, 0.15) is 32.4 Å². The average molecular weight is 413 g/mol. The van der Waals surface area contributed by atoms with E-state index in [0.29, 0.717) is 11.5 Å². The van der Waals surface area contributed by atoms with Gasteiger partial charge in [0.1, 0.15) is 5.60 Å². The molecule has 0 N–H and O–H groups in total. The smallest absolute Gasteiger partial charge is 0.330 e. The Kier molecular flexibility index (Phi) is 4.79. The van der Waals surface area contributed by atoms with E-state index in [1.807, 2.05) is 30.5 Å². The van der Waals surface area contributed by atoms with Gasteiger partial charge in [-0.05, 0) is 45.0 Å². The predicted molar refractivity (Wildman–Crippen MR) is 101 cm³/mol. The molecule has 3 aromatic rings. The van der Waals surface area contributed by atoms with E-state index in [1.165, 1.54) is 0 Å². The largest absolute Gasteiger partial charge is 0.459 e. The molecule has 0 amide bonds.